The van der Waals surface area contributed by atoms with E-state index < -0.39 is 0 Å². The lowest BCUT2D eigenvalue weighted by Crippen LogP contribution is -2.36. The number of carbonyl (C=O) groups is 2. The van der Waals surface area contributed by atoms with Gasteiger partial charge in [-0.2, -0.15) is 0 Å². The molecule has 0 spiro atoms. The number of aromatic nitrogens is 1. The Hall–Kier alpha value is -2.83. The van der Waals surface area contributed by atoms with Gasteiger partial charge >= 0.3 is 6.03 Å². The molecule has 2 aliphatic rings. The van der Waals surface area contributed by atoms with Gasteiger partial charge in [0.25, 0.3) is 5.91 Å². The highest BCUT2D eigenvalue weighted by atomic mass is 16.4. The normalized spacial score (nSPS) is 16.3. The number of nitrogens with one attached hydrogen (secondary N) is 1. The standard InChI is InChI=1S/C22H28N4O3/c1-14(2)4-7-20-24-17-13-25(10-8-19(17)29-20)21(27)16-6-5-15(3)18(12-16)26-11-9-23-22(26)28/h5-6,12,14H,4,7-11,13H2,1-3H3,(H,23,28). The molecule has 0 aliphatic carbocycles. The number of hydrogen-bond donors (Lipinski definition) is 1. The fourth-order valence-corrected chi connectivity index (χ4v) is 3.86. The quantitative estimate of drug-likeness (QED) is 0.841. The third kappa shape index (κ3) is 3.99. The van der Waals surface area contributed by atoms with Crippen molar-refractivity contribution in [2.24, 2.45) is 5.92 Å². The highest BCUT2D eigenvalue weighted by molar-refractivity contribution is 5.99. The molecular formula is C22H28N4O3. The smallest absolute Gasteiger partial charge is 0.322 e. The minimum absolute atomic E-state index is 0.0387. The number of hydrogen-bond acceptors (Lipinski definition) is 4. The summed E-state index contributed by atoms with van der Waals surface area (Å²) in [6, 6.07) is 5.46. The summed E-state index contributed by atoms with van der Waals surface area (Å²) in [5.41, 5.74) is 3.23. The topological polar surface area (TPSA) is 78.7 Å². The van der Waals surface area contributed by atoms with Crippen LogP contribution in [-0.2, 0) is 19.4 Å². The zero-order chi connectivity index (χ0) is 20.5. The predicted molar refractivity (Wildman–Crippen MR) is 110 cm³/mol. The Bertz CT molecular complexity index is 934. The van der Waals surface area contributed by atoms with Gasteiger partial charge < -0.3 is 14.6 Å². The molecule has 1 fully saturated rings. The van der Waals surface area contributed by atoms with E-state index >= 15 is 0 Å². The van der Waals surface area contributed by atoms with Gasteiger partial charge in [-0.25, -0.2) is 9.78 Å². The van der Waals surface area contributed by atoms with E-state index in [9.17, 15) is 9.59 Å². The molecular weight excluding hydrogens is 368 g/mol. The van der Waals surface area contributed by atoms with Crippen molar-refractivity contribution in [3.05, 3.63) is 46.7 Å². The van der Waals surface area contributed by atoms with E-state index in [0.29, 0.717) is 44.1 Å². The summed E-state index contributed by atoms with van der Waals surface area (Å²) in [6.45, 7) is 8.64. The SMILES string of the molecule is Cc1ccc(C(=O)N2CCc3oc(CCC(C)C)nc3C2)cc1N1CCNC1=O. The lowest BCUT2D eigenvalue weighted by Gasteiger charge is -2.26. The van der Waals surface area contributed by atoms with E-state index in [1.54, 1.807) is 4.90 Å². The van der Waals surface area contributed by atoms with Crippen LogP contribution in [0.1, 0.15) is 53.5 Å². The van der Waals surface area contributed by atoms with Gasteiger partial charge in [0.2, 0.25) is 0 Å². The number of amides is 3. The molecule has 0 radical (unpaired) electrons. The highest BCUT2D eigenvalue weighted by Crippen LogP contribution is 2.26. The van der Waals surface area contributed by atoms with Crippen LogP contribution in [0.2, 0.25) is 0 Å². The lowest BCUT2D eigenvalue weighted by molar-refractivity contribution is 0.0728. The van der Waals surface area contributed by atoms with E-state index in [-0.39, 0.29) is 11.9 Å². The Labute approximate surface area is 171 Å². The van der Waals surface area contributed by atoms with Crippen LogP contribution in [0, 0.1) is 12.8 Å². The van der Waals surface area contributed by atoms with Gasteiger partial charge in [-0.1, -0.05) is 19.9 Å². The molecule has 7 heteroatoms. The van der Waals surface area contributed by atoms with E-state index in [1.165, 1.54) is 0 Å². The van der Waals surface area contributed by atoms with Crippen LogP contribution in [0.25, 0.3) is 0 Å². The van der Waals surface area contributed by atoms with Crippen molar-refractivity contribution < 1.29 is 14.0 Å². The molecule has 29 heavy (non-hydrogen) atoms. The second-order valence-electron chi connectivity index (χ2n) is 8.27. The molecule has 0 saturated carbocycles. The predicted octanol–water partition coefficient (Wildman–Crippen LogP) is 3.30. The van der Waals surface area contributed by atoms with E-state index in [1.807, 2.05) is 30.0 Å². The molecule has 2 aromatic rings. The first-order chi connectivity index (χ1) is 13.9. The minimum Gasteiger partial charge on any atom is -0.445 e. The molecule has 154 valence electrons. The van der Waals surface area contributed by atoms with E-state index in [4.69, 9.17) is 4.42 Å². The summed E-state index contributed by atoms with van der Waals surface area (Å²) in [5, 5.41) is 2.81. The van der Waals surface area contributed by atoms with Gasteiger partial charge in [0.15, 0.2) is 5.89 Å². The first kappa shape index (κ1) is 19.5. The number of anilines is 1. The average molecular weight is 396 g/mol. The molecule has 0 unspecified atom stereocenters. The zero-order valence-electron chi connectivity index (χ0n) is 17.3. The number of nitrogens with zero attached hydrogens (tertiary/aromatic N) is 3. The lowest BCUT2D eigenvalue weighted by atomic mass is 10.1. The maximum atomic E-state index is 13.1. The van der Waals surface area contributed by atoms with Gasteiger partial charge in [0.05, 0.1) is 6.54 Å². The average Bonchev–Trinajstić information content (AvgIpc) is 3.31. The van der Waals surface area contributed by atoms with Crippen LogP contribution in [0.4, 0.5) is 10.5 Å². The number of aryl methyl sites for hydroxylation is 2. The summed E-state index contributed by atoms with van der Waals surface area (Å²) >= 11 is 0. The van der Waals surface area contributed by atoms with Crippen molar-refractivity contribution in [2.45, 2.75) is 46.6 Å². The summed E-state index contributed by atoms with van der Waals surface area (Å²) in [5.74, 6) is 2.25. The van der Waals surface area contributed by atoms with Crippen LogP contribution < -0.4 is 10.2 Å². The molecule has 2 aliphatic heterocycles. The van der Waals surface area contributed by atoms with Crippen molar-refractivity contribution >= 4 is 17.6 Å². The van der Waals surface area contributed by atoms with E-state index in [0.717, 1.165) is 41.4 Å². The molecule has 4 rings (SSSR count). The van der Waals surface area contributed by atoms with Crippen molar-refractivity contribution in [3.63, 3.8) is 0 Å². The van der Waals surface area contributed by atoms with E-state index in [2.05, 4.69) is 24.1 Å². The molecule has 3 amide bonds. The van der Waals surface area contributed by atoms with Crippen LogP contribution >= 0.6 is 0 Å². The minimum atomic E-state index is -0.114. The fourth-order valence-electron chi connectivity index (χ4n) is 3.86. The number of rotatable bonds is 5. The third-order valence-electron chi connectivity index (χ3n) is 5.60. The summed E-state index contributed by atoms with van der Waals surface area (Å²) in [4.78, 5) is 33.3. The molecule has 7 nitrogen and oxygen atoms in total. The largest absolute Gasteiger partial charge is 0.445 e. The summed E-state index contributed by atoms with van der Waals surface area (Å²) < 4.78 is 5.90. The maximum Gasteiger partial charge on any atom is 0.322 e. The molecule has 1 saturated heterocycles. The second kappa shape index (κ2) is 7.89. The fraction of sp³-hybridized carbons (Fsp3) is 0.500. The van der Waals surface area contributed by atoms with Crippen molar-refractivity contribution in [3.8, 4) is 0 Å². The van der Waals surface area contributed by atoms with Gasteiger partial charge in [0.1, 0.15) is 11.5 Å². The van der Waals surface area contributed by atoms with Crippen molar-refractivity contribution in [1.29, 1.82) is 0 Å². The van der Waals surface area contributed by atoms with Crippen molar-refractivity contribution in [1.82, 2.24) is 15.2 Å². The first-order valence-electron chi connectivity index (χ1n) is 10.3. The van der Waals surface area contributed by atoms with Gasteiger partial charge in [0, 0.05) is 43.7 Å². The molecule has 0 atom stereocenters. The van der Waals surface area contributed by atoms with Crippen LogP contribution in [0.3, 0.4) is 0 Å². The molecule has 0 bridgehead atoms. The number of fused-ring (bicyclic) bond motifs is 1. The number of benzene rings is 1. The van der Waals surface area contributed by atoms with Gasteiger partial charge in [-0.05, 0) is 37.0 Å². The van der Waals surface area contributed by atoms with Crippen LogP contribution in [0.15, 0.2) is 22.6 Å². The Morgan fingerprint density at radius 1 is 1.31 bits per heavy atom. The van der Waals surface area contributed by atoms with Crippen LogP contribution in [-0.4, -0.2) is 41.5 Å². The Morgan fingerprint density at radius 2 is 2.14 bits per heavy atom. The Kier molecular flexibility index (Phi) is 5.30. The molecule has 1 aromatic heterocycles. The van der Waals surface area contributed by atoms with Crippen molar-refractivity contribution in [2.75, 3.05) is 24.5 Å². The van der Waals surface area contributed by atoms with Gasteiger partial charge in [-0.3, -0.25) is 9.69 Å². The first-order valence-corrected chi connectivity index (χ1v) is 10.3. The molecule has 1 N–H and O–H groups in total. The number of carbonyl (C=O) groups excluding carboxylic acids is 2. The Morgan fingerprint density at radius 3 is 2.86 bits per heavy atom. The second-order valence-corrected chi connectivity index (χ2v) is 8.27. The molecule has 3 heterocycles. The summed E-state index contributed by atoms with van der Waals surface area (Å²) in [7, 11) is 0. The maximum absolute atomic E-state index is 13.1. The Balaban J connectivity index is 1.50. The number of oxazole rings is 1. The zero-order valence-corrected chi connectivity index (χ0v) is 17.3. The molecule has 1 aromatic carbocycles. The monoisotopic (exact) mass is 396 g/mol. The summed E-state index contributed by atoms with van der Waals surface area (Å²) in [6.07, 6.45) is 2.55. The van der Waals surface area contributed by atoms with Gasteiger partial charge in [-0.15, -0.1) is 0 Å². The van der Waals surface area contributed by atoms with Crippen LogP contribution in [0.5, 0.6) is 0 Å². The third-order valence-corrected chi connectivity index (χ3v) is 5.60. The number of urea groups is 1. The highest BCUT2D eigenvalue weighted by Gasteiger charge is 2.28.